The highest BCUT2D eigenvalue weighted by Crippen LogP contribution is 2.23. The van der Waals surface area contributed by atoms with Crippen LogP contribution < -0.4 is 10.6 Å². The molecule has 0 saturated heterocycles. The Hall–Kier alpha value is -0.770. The number of halogens is 1. The second kappa shape index (κ2) is 5.95. The van der Waals surface area contributed by atoms with Crippen LogP contribution in [0, 0.1) is 0 Å². The number of nitrogens with one attached hydrogen (secondary N) is 2. The van der Waals surface area contributed by atoms with E-state index in [9.17, 15) is 0 Å². The van der Waals surface area contributed by atoms with Gasteiger partial charge in [0.15, 0.2) is 0 Å². The molecule has 0 atom stereocenters. The molecule has 1 aromatic rings. The third kappa shape index (κ3) is 2.84. The van der Waals surface area contributed by atoms with Gasteiger partial charge in [0.2, 0.25) is 0 Å². The molecule has 0 aromatic heterocycles. The van der Waals surface area contributed by atoms with Crippen LogP contribution in [0.4, 0.5) is 5.69 Å². The molecule has 0 fully saturated rings. The number of ether oxygens (including phenoxy) is 1. The Bertz CT molecular complexity index is 317. The van der Waals surface area contributed by atoms with E-state index in [1.54, 1.807) is 7.11 Å². The highest BCUT2D eigenvalue weighted by molar-refractivity contribution is 5.85. The third-order valence-corrected chi connectivity index (χ3v) is 2.51. The smallest absolute Gasteiger partial charge is 0.0635 e. The van der Waals surface area contributed by atoms with Crippen LogP contribution in [0.25, 0.3) is 0 Å². The molecule has 0 radical (unpaired) electrons. The lowest BCUT2D eigenvalue weighted by Crippen LogP contribution is -2.09. The highest BCUT2D eigenvalue weighted by atomic mass is 35.5. The molecule has 1 aliphatic heterocycles. The van der Waals surface area contributed by atoms with Crippen molar-refractivity contribution in [1.82, 2.24) is 5.32 Å². The molecule has 0 saturated carbocycles. The van der Waals surface area contributed by atoms with Gasteiger partial charge in [-0.3, -0.25) is 0 Å². The second-order valence-corrected chi connectivity index (χ2v) is 3.47. The summed E-state index contributed by atoms with van der Waals surface area (Å²) in [4.78, 5) is 0. The van der Waals surface area contributed by atoms with Gasteiger partial charge in [-0.25, -0.2) is 0 Å². The number of hydrogen-bond acceptors (Lipinski definition) is 3. The highest BCUT2D eigenvalue weighted by Gasteiger charge is 2.12. The first-order chi connectivity index (χ1) is 6.92. The molecule has 0 aliphatic carbocycles. The van der Waals surface area contributed by atoms with E-state index in [-0.39, 0.29) is 12.4 Å². The van der Waals surface area contributed by atoms with E-state index in [1.165, 1.54) is 16.8 Å². The van der Waals surface area contributed by atoms with Gasteiger partial charge < -0.3 is 15.4 Å². The Morgan fingerprint density at radius 3 is 3.07 bits per heavy atom. The second-order valence-electron chi connectivity index (χ2n) is 3.47. The third-order valence-electron chi connectivity index (χ3n) is 2.51. The first-order valence-corrected chi connectivity index (χ1v) is 4.96. The minimum Gasteiger partial charge on any atom is -0.383 e. The van der Waals surface area contributed by atoms with Crippen LogP contribution in [0.5, 0.6) is 0 Å². The molecule has 84 valence electrons. The van der Waals surface area contributed by atoms with Crippen molar-refractivity contribution < 1.29 is 4.74 Å². The summed E-state index contributed by atoms with van der Waals surface area (Å²) in [6.45, 7) is 3.59. The summed E-state index contributed by atoms with van der Waals surface area (Å²) < 4.78 is 5.00. The summed E-state index contributed by atoms with van der Waals surface area (Å²) in [6.07, 6.45) is 0. The number of fused-ring (bicyclic) bond motifs is 1. The van der Waals surface area contributed by atoms with Crippen molar-refractivity contribution >= 4 is 18.1 Å². The van der Waals surface area contributed by atoms with Gasteiger partial charge in [-0.15, -0.1) is 12.4 Å². The number of benzene rings is 1. The Kier molecular flexibility index (Phi) is 4.88. The van der Waals surface area contributed by atoms with Crippen LogP contribution in [0.2, 0.25) is 0 Å². The fourth-order valence-corrected chi connectivity index (χ4v) is 1.78. The maximum absolute atomic E-state index is 5.00. The molecule has 0 amide bonds. The number of rotatable bonds is 4. The Balaban J connectivity index is 0.00000112. The van der Waals surface area contributed by atoms with Crippen molar-refractivity contribution in [3.05, 3.63) is 29.3 Å². The molecule has 15 heavy (non-hydrogen) atoms. The van der Waals surface area contributed by atoms with Crippen molar-refractivity contribution in [2.75, 3.05) is 25.6 Å². The summed E-state index contributed by atoms with van der Waals surface area (Å²) in [7, 11) is 1.72. The van der Waals surface area contributed by atoms with Crippen LogP contribution in [0.15, 0.2) is 18.2 Å². The molecule has 2 rings (SSSR count). The number of methoxy groups -OCH3 is 1. The maximum atomic E-state index is 5.00. The summed E-state index contributed by atoms with van der Waals surface area (Å²) in [6, 6.07) is 6.40. The lowest BCUT2D eigenvalue weighted by Gasteiger charge is -2.09. The van der Waals surface area contributed by atoms with Crippen LogP contribution in [-0.4, -0.2) is 20.3 Å². The summed E-state index contributed by atoms with van der Waals surface area (Å²) in [5, 5.41) is 6.73. The SMILES string of the molecule is COCCNc1cccc2c1CNC2.Cl. The molecule has 0 bridgehead atoms. The fourth-order valence-electron chi connectivity index (χ4n) is 1.78. The summed E-state index contributed by atoms with van der Waals surface area (Å²) in [5.41, 5.74) is 4.06. The first kappa shape index (κ1) is 12.3. The van der Waals surface area contributed by atoms with E-state index < -0.39 is 0 Å². The van der Waals surface area contributed by atoms with Gasteiger partial charge in [0.25, 0.3) is 0 Å². The van der Waals surface area contributed by atoms with Gasteiger partial charge in [0.05, 0.1) is 6.61 Å². The molecule has 1 heterocycles. The molecule has 0 unspecified atom stereocenters. The van der Waals surface area contributed by atoms with Crippen LogP contribution >= 0.6 is 12.4 Å². The summed E-state index contributed by atoms with van der Waals surface area (Å²) in [5.74, 6) is 0. The van der Waals surface area contributed by atoms with Crippen molar-refractivity contribution in [2.45, 2.75) is 13.1 Å². The van der Waals surface area contributed by atoms with Gasteiger partial charge >= 0.3 is 0 Å². The van der Waals surface area contributed by atoms with E-state index >= 15 is 0 Å². The van der Waals surface area contributed by atoms with E-state index in [2.05, 4.69) is 28.8 Å². The van der Waals surface area contributed by atoms with Crippen molar-refractivity contribution in [1.29, 1.82) is 0 Å². The van der Waals surface area contributed by atoms with Crippen molar-refractivity contribution in [3.63, 3.8) is 0 Å². The zero-order valence-corrected chi connectivity index (χ0v) is 9.69. The molecule has 3 nitrogen and oxygen atoms in total. The van der Waals surface area contributed by atoms with Crippen LogP contribution in [0.1, 0.15) is 11.1 Å². The Labute approximate surface area is 96.6 Å². The average molecular weight is 229 g/mol. The largest absolute Gasteiger partial charge is 0.383 e. The predicted octanol–water partition coefficient (Wildman–Crippen LogP) is 1.77. The quantitative estimate of drug-likeness (QED) is 0.771. The van der Waals surface area contributed by atoms with E-state index in [4.69, 9.17) is 4.74 Å². The van der Waals surface area contributed by atoms with E-state index in [0.717, 1.165) is 26.2 Å². The van der Waals surface area contributed by atoms with E-state index in [0.29, 0.717) is 0 Å². The average Bonchev–Trinajstić information content (AvgIpc) is 2.67. The minimum atomic E-state index is 0. The molecule has 0 spiro atoms. The topological polar surface area (TPSA) is 33.3 Å². The van der Waals surface area contributed by atoms with Crippen LogP contribution in [0.3, 0.4) is 0 Å². The molecule has 1 aliphatic rings. The molecule has 4 heteroatoms. The van der Waals surface area contributed by atoms with Gasteiger partial charge in [-0.05, 0) is 17.2 Å². The maximum Gasteiger partial charge on any atom is 0.0635 e. The fraction of sp³-hybridized carbons (Fsp3) is 0.455. The van der Waals surface area contributed by atoms with Crippen LogP contribution in [-0.2, 0) is 17.8 Å². The predicted molar refractivity (Wildman–Crippen MR) is 64.6 cm³/mol. The van der Waals surface area contributed by atoms with Gasteiger partial charge in [0.1, 0.15) is 0 Å². The molecular formula is C11H17ClN2O. The Morgan fingerprint density at radius 2 is 2.27 bits per heavy atom. The zero-order chi connectivity index (χ0) is 9.80. The minimum absolute atomic E-state index is 0. The number of hydrogen-bond donors (Lipinski definition) is 2. The van der Waals surface area contributed by atoms with E-state index in [1.807, 2.05) is 0 Å². The van der Waals surface area contributed by atoms with Gasteiger partial charge in [-0.2, -0.15) is 0 Å². The Morgan fingerprint density at radius 1 is 1.40 bits per heavy atom. The zero-order valence-electron chi connectivity index (χ0n) is 8.88. The lowest BCUT2D eigenvalue weighted by molar-refractivity contribution is 0.211. The van der Waals surface area contributed by atoms with Crippen molar-refractivity contribution in [3.8, 4) is 0 Å². The summed E-state index contributed by atoms with van der Waals surface area (Å²) >= 11 is 0. The monoisotopic (exact) mass is 228 g/mol. The van der Waals surface area contributed by atoms with Gasteiger partial charge in [0, 0.05) is 32.4 Å². The first-order valence-electron chi connectivity index (χ1n) is 4.96. The number of anilines is 1. The lowest BCUT2D eigenvalue weighted by atomic mass is 10.1. The normalized spacial score (nSPS) is 13.1. The standard InChI is InChI=1S/C11H16N2O.ClH/c1-14-6-5-13-11-4-2-3-9-7-12-8-10(9)11;/h2-4,12-13H,5-8H2,1H3;1H. The molecule has 2 N–H and O–H groups in total. The van der Waals surface area contributed by atoms with Crippen molar-refractivity contribution in [2.24, 2.45) is 0 Å². The van der Waals surface area contributed by atoms with Gasteiger partial charge in [-0.1, -0.05) is 12.1 Å². The molecule has 1 aromatic carbocycles. The molecular weight excluding hydrogens is 212 g/mol.